The summed E-state index contributed by atoms with van der Waals surface area (Å²) in [6.45, 7) is 8.53. The lowest BCUT2D eigenvalue weighted by Crippen LogP contribution is -2.21. The summed E-state index contributed by atoms with van der Waals surface area (Å²) in [7, 11) is 0. The molecule has 22 heavy (non-hydrogen) atoms. The van der Waals surface area contributed by atoms with Gasteiger partial charge in [-0.15, -0.1) is 11.3 Å². The highest BCUT2D eigenvalue weighted by molar-refractivity contribution is 7.12. The number of aliphatic hydroxyl groups excluding tert-OH is 1. The highest BCUT2D eigenvalue weighted by Crippen LogP contribution is 2.45. The van der Waals surface area contributed by atoms with Gasteiger partial charge in [-0.3, -0.25) is 4.79 Å². The third kappa shape index (κ3) is 3.53. The van der Waals surface area contributed by atoms with E-state index in [4.69, 9.17) is 14.6 Å². The monoisotopic (exact) mass is 326 g/mol. The van der Waals surface area contributed by atoms with Crippen molar-refractivity contribution in [1.29, 1.82) is 0 Å². The van der Waals surface area contributed by atoms with Crippen LogP contribution in [0.25, 0.3) is 0 Å². The SMILES string of the molecule is Cc1c([C@@H]2COCC2CO)sc2c1CC(C)(C)CC2.O=CO. The first-order valence-corrected chi connectivity index (χ1v) is 8.62. The van der Waals surface area contributed by atoms with E-state index in [-0.39, 0.29) is 13.1 Å². The van der Waals surface area contributed by atoms with Gasteiger partial charge in [0.1, 0.15) is 0 Å². The molecule has 1 aliphatic heterocycles. The Morgan fingerprint density at radius 2 is 2.09 bits per heavy atom. The predicted molar refractivity (Wildman–Crippen MR) is 87.7 cm³/mol. The van der Waals surface area contributed by atoms with Crippen molar-refractivity contribution in [1.82, 2.24) is 0 Å². The molecule has 4 nitrogen and oxygen atoms in total. The van der Waals surface area contributed by atoms with Crippen molar-refractivity contribution < 1.29 is 19.7 Å². The van der Waals surface area contributed by atoms with Gasteiger partial charge < -0.3 is 14.9 Å². The van der Waals surface area contributed by atoms with Crippen molar-refractivity contribution in [2.75, 3.05) is 19.8 Å². The zero-order valence-electron chi connectivity index (χ0n) is 13.6. The lowest BCUT2D eigenvalue weighted by atomic mass is 9.75. The number of fused-ring (bicyclic) bond motifs is 1. The van der Waals surface area contributed by atoms with Crippen LogP contribution in [0, 0.1) is 18.3 Å². The predicted octanol–water partition coefficient (Wildman–Crippen LogP) is 2.99. The van der Waals surface area contributed by atoms with Crippen LogP contribution in [0.4, 0.5) is 0 Å². The van der Waals surface area contributed by atoms with Crippen molar-refractivity contribution >= 4 is 17.8 Å². The average Bonchev–Trinajstić information content (AvgIpc) is 3.04. The van der Waals surface area contributed by atoms with Gasteiger partial charge >= 0.3 is 0 Å². The fraction of sp³-hybridized carbons (Fsp3) is 0.706. The zero-order chi connectivity index (χ0) is 16.3. The molecule has 1 aromatic heterocycles. The summed E-state index contributed by atoms with van der Waals surface area (Å²) in [4.78, 5) is 11.4. The molecule has 5 heteroatoms. The fourth-order valence-electron chi connectivity index (χ4n) is 3.50. The second-order valence-electron chi connectivity index (χ2n) is 7.03. The third-order valence-corrected chi connectivity index (χ3v) is 6.37. The molecule has 1 unspecified atom stereocenters. The Morgan fingerprint density at radius 1 is 1.41 bits per heavy atom. The van der Waals surface area contributed by atoms with E-state index >= 15 is 0 Å². The molecule has 1 fully saturated rings. The van der Waals surface area contributed by atoms with Crippen LogP contribution in [0.2, 0.25) is 0 Å². The number of ether oxygens (including phenoxy) is 1. The van der Waals surface area contributed by atoms with Gasteiger partial charge in [0.2, 0.25) is 0 Å². The van der Waals surface area contributed by atoms with Crippen LogP contribution in [-0.2, 0) is 22.4 Å². The maximum absolute atomic E-state index is 9.50. The van der Waals surface area contributed by atoms with Gasteiger partial charge in [0.15, 0.2) is 0 Å². The van der Waals surface area contributed by atoms with Crippen LogP contribution in [0.3, 0.4) is 0 Å². The first kappa shape index (κ1) is 17.4. The van der Waals surface area contributed by atoms with Crippen LogP contribution < -0.4 is 0 Å². The minimum absolute atomic E-state index is 0.248. The largest absolute Gasteiger partial charge is 0.483 e. The molecule has 0 aromatic carbocycles. The van der Waals surface area contributed by atoms with Gasteiger partial charge in [0, 0.05) is 28.2 Å². The van der Waals surface area contributed by atoms with Crippen molar-refractivity contribution in [2.45, 2.75) is 46.0 Å². The summed E-state index contributed by atoms with van der Waals surface area (Å²) < 4.78 is 5.59. The molecule has 1 aromatic rings. The van der Waals surface area contributed by atoms with E-state index in [0.29, 0.717) is 23.9 Å². The Hall–Kier alpha value is -0.910. The van der Waals surface area contributed by atoms with E-state index < -0.39 is 0 Å². The quantitative estimate of drug-likeness (QED) is 0.820. The van der Waals surface area contributed by atoms with E-state index in [0.717, 1.165) is 6.61 Å². The maximum atomic E-state index is 9.50. The standard InChI is InChI=1S/C16H24O2S.CH2O2/c1-10-12-6-16(2,3)5-4-14(12)19-15(10)13-9-18-8-11(13)7-17;2-1-3/h11,13,17H,4-9H2,1-3H3;1H,(H,2,3)/t11?,13-;/m1./s1. The molecule has 2 N–H and O–H groups in total. The lowest BCUT2D eigenvalue weighted by Gasteiger charge is -2.29. The van der Waals surface area contributed by atoms with Gasteiger partial charge in [-0.25, -0.2) is 0 Å². The molecule has 0 radical (unpaired) electrons. The van der Waals surface area contributed by atoms with Gasteiger partial charge in [0.05, 0.1) is 13.2 Å². The summed E-state index contributed by atoms with van der Waals surface area (Å²) >= 11 is 1.99. The molecule has 2 heterocycles. The van der Waals surface area contributed by atoms with E-state index in [2.05, 4.69) is 20.8 Å². The Balaban J connectivity index is 0.000000545. The van der Waals surface area contributed by atoms with Crippen molar-refractivity contribution in [2.24, 2.45) is 11.3 Å². The van der Waals surface area contributed by atoms with E-state index in [1.54, 1.807) is 10.4 Å². The Bertz CT molecular complexity index is 521. The molecule has 0 spiro atoms. The molecular weight excluding hydrogens is 300 g/mol. The minimum atomic E-state index is -0.250. The number of carboxylic acid groups (broad SMARTS) is 1. The molecule has 1 aliphatic carbocycles. The third-order valence-electron chi connectivity index (χ3n) is 4.85. The summed E-state index contributed by atoms with van der Waals surface area (Å²) in [5, 5.41) is 16.4. The van der Waals surface area contributed by atoms with Gasteiger partial charge in [-0.2, -0.15) is 0 Å². The molecule has 0 bridgehead atoms. The number of aryl methyl sites for hydroxylation is 1. The fourth-order valence-corrected chi connectivity index (χ4v) is 5.01. The first-order chi connectivity index (χ1) is 10.4. The van der Waals surface area contributed by atoms with Gasteiger partial charge in [-0.05, 0) is 42.7 Å². The zero-order valence-corrected chi connectivity index (χ0v) is 14.4. The molecule has 1 saturated heterocycles. The van der Waals surface area contributed by atoms with Gasteiger partial charge in [0.25, 0.3) is 6.47 Å². The molecule has 2 aliphatic rings. The molecular formula is C17H26O4S. The molecule has 0 saturated carbocycles. The van der Waals surface area contributed by atoms with E-state index in [1.165, 1.54) is 29.7 Å². The Kier molecular flexibility index (Phi) is 5.64. The molecule has 124 valence electrons. The van der Waals surface area contributed by atoms with E-state index in [1.807, 2.05) is 11.3 Å². The Morgan fingerprint density at radius 3 is 2.73 bits per heavy atom. The first-order valence-electron chi connectivity index (χ1n) is 7.81. The second-order valence-corrected chi connectivity index (χ2v) is 8.16. The topological polar surface area (TPSA) is 66.8 Å². The Labute approximate surface area is 136 Å². The summed E-state index contributed by atoms with van der Waals surface area (Å²) in [6, 6.07) is 0. The highest BCUT2D eigenvalue weighted by atomic mass is 32.1. The van der Waals surface area contributed by atoms with Crippen molar-refractivity contribution in [3.05, 3.63) is 20.9 Å². The number of hydrogen-bond donors (Lipinski definition) is 2. The normalized spacial score (nSPS) is 26.0. The van der Waals surface area contributed by atoms with E-state index in [9.17, 15) is 5.11 Å². The minimum Gasteiger partial charge on any atom is -0.483 e. The van der Waals surface area contributed by atoms with Crippen LogP contribution >= 0.6 is 11.3 Å². The number of thiophene rings is 1. The van der Waals surface area contributed by atoms with Crippen molar-refractivity contribution in [3.63, 3.8) is 0 Å². The second kappa shape index (κ2) is 7.11. The van der Waals surface area contributed by atoms with Crippen LogP contribution in [0.1, 0.15) is 47.1 Å². The summed E-state index contributed by atoms with van der Waals surface area (Å²) in [6.07, 6.45) is 3.73. The number of hydrogen-bond acceptors (Lipinski definition) is 4. The van der Waals surface area contributed by atoms with Crippen LogP contribution in [0.15, 0.2) is 0 Å². The maximum Gasteiger partial charge on any atom is 0.290 e. The highest BCUT2D eigenvalue weighted by Gasteiger charge is 2.35. The molecule has 0 amide bonds. The molecule has 2 atom stereocenters. The lowest BCUT2D eigenvalue weighted by molar-refractivity contribution is -0.122. The van der Waals surface area contributed by atoms with Crippen molar-refractivity contribution in [3.8, 4) is 0 Å². The number of carbonyl (C=O) groups is 1. The van der Waals surface area contributed by atoms with Gasteiger partial charge in [-0.1, -0.05) is 13.8 Å². The van der Waals surface area contributed by atoms with Crippen LogP contribution in [0.5, 0.6) is 0 Å². The smallest absolute Gasteiger partial charge is 0.290 e. The summed E-state index contributed by atoms with van der Waals surface area (Å²) in [5.41, 5.74) is 3.53. The summed E-state index contributed by atoms with van der Waals surface area (Å²) in [5.74, 6) is 0.718. The average molecular weight is 326 g/mol. The van der Waals surface area contributed by atoms with Crippen LogP contribution in [-0.4, -0.2) is 36.5 Å². The molecule has 3 rings (SSSR count). The number of aliphatic hydroxyl groups is 1. The number of rotatable bonds is 2.